The number of aromatic carboxylic acids is 1. The van der Waals surface area contributed by atoms with Crippen molar-refractivity contribution in [1.82, 2.24) is 0 Å². The van der Waals surface area contributed by atoms with Crippen molar-refractivity contribution in [3.8, 4) is 0 Å². The molecule has 1 amide bonds. The average Bonchev–Trinajstić information content (AvgIpc) is 2.77. The number of thiophene rings is 1. The van der Waals surface area contributed by atoms with Crippen molar-refractivity contribution in [3.05, 3.63) is 50.4 Å². The summed E-state index contributed by atoms with van der Waals surface area (Å²) in [5, 5.41) is 13.1. The molecule has 2 N–H and O–H groups in total. The minimum absolute atomic E-state index is 0.226. The molecule has 4 nitrogen and oxygen atoms in total. The predicted octanol–water partition coefficient (Wildman–Crippen LogP) is 3.60. The van der Waals surface area contributed by atoms with Crippen molar-refractivity contribution in [2.24, 2.45) is 0 Å². The Hall–Kier alpha value is -1.73. The van der Waals surface area contributed by atoms with E-state index in [0.29, 0.717) is 9.35 Å². The summed E-state index contributed by atoms with van der Waals surface area (Å²) in [5.41, 5.74) is -0.257. The summed E-state index contributed by atoms with van der Waals surface area (Å²) in [6.07, 6.45) is 0. The molecule has 0 unspecified atom stereocenters. The molecule has 0 aliphatic rings. The highest BCUT2D eigenvalue weighted by molar-refractivity contribution is 9.10. The number of carboxylic acid groups (broad SMARTS) is 1. The highest BCUT2D eigenvalue weighted by Gasteiger charge is 2.15. The number of halogens is 2. The Kier molecular flexibility index (Phi) is 3.96. The number of hydrogen-bond acceptors (Lipinski definition) is 3. The maximum absolute atomic E-state index is 13.2. The molecule has 0 atom stereocenters. The molecule has 1 heterocycles. The number of amides is 1. The lowest BCUT2D eigenvalue weighted by Gasteiger charge is -2.06. The Morgan fingerprint density at radius 3 is 2.63 bits per heavy atom. The normalized spacial score (nSPS) is 10.2. The summed E-state index contributed by atoms with van der Waals surface area (Å²) in [7, 11) is 0. The second-order valence-electron chi connectivity index (χ2n) is 3.55. The Balaban J connectivity index is 2.25. The first-order chi connectivity index (χ1) is 8.99. The number of carbonyl (C=O) groups excluding carboxylic acids is 1. The summed E-state index contributed by atoms with van der Waals surface area (Å²) >= 11 is 4.47. The van der Waals surface area contributed by atoms with Crippen molar-refractivity contribution >= 4 is 44.8 Å². The monoisotopic (exact) mass is 343 g/mol. The van der Waals surface area contributed by atoms with Crippen LogP contribution < -0.4 is 5.32 Å². The van der Waals surface area contributed by atoms with E-state index in [1.807, 2.05) is 0 Å². The summed E-state index contributed by atoms with van der Waals surface area (Å²) in [6, 6.07) is 5.12. The smallest absolute Gasteiger partial charge is 0.338 e. The molecule has 7 heteroatoms. The maximum atomic E-state index is 13.2. The molecule has 0 saturated heterocycles. The van der Waals surface area contributed by atoms with Crippen LogP contribution in [0.4, 0.5) is 10.1 Å². The molecule has 0 spiro atoms. The predicted molar refractivity (Wildman–Crippen MR) is 73.3 cm³/mol. The van der Waals surface area contributed by atoms with Crippen molar-refractivity contribution in [3.63, 3.8) is 0 Å². The van der Waals surface area contributed by atoms with Crippen molar-refractivity contribution in [1.29, 1.82) is 0 Å². The molecule has 0 saturated carbocycles. The van der Waals surface area contributed by atoms with E-state index >= 15 is 0 Å². The highest BCUT2D eigenvalue weighted by atomic mass is 79.9. The zero-order chi connectivity index (χ0) is 14.0. The van der Waals surface area contributed by atoms with E-state index in [1.54, 1.807) is 11.4 Å². The Morgan fingerprint density at radius 2 is 2.05 bits per heavy atom. The minimum atomic E-state index is -1.38. The molecule has 2 aromatic rings. The van der Waals surface area contributed by atoms with E-state index in [9.17, 15) is 14.0 Å². The van der Waals surface area contributed by atoms with Crippen LogP contribution in [0.2, 0.25) is 0 Å². The maximum Gasteiger partial charge on any atom is 0.338 e. The number of benzene rings is 1. The largest absolute Gasteiger partial charge is 0.478 e. The molecule has 0 radical (unpaired) electrons. The van der Waals surface area contributed by atoms with Gasteiger partial charge >= 0.3 is 5.97 Å². The third-order valence-electron chi connectivity index (χ3n) is 2.28. The highest BCUT2D eigenvalue weighted by Crippen LogP contribution is 2.24. The molecule has 1 aromatic carbocycles. The van der Waals surface area contributed by atoms with Crippen molar-refractivity contribution in [2.45, 2.75) is 0 Å². The first kappa shape index (κ1) is 13.7. The van der Waals surface area contributed by atoms with Crippen LogP contribution in [0.15, 0.2) is 34.1 Å². The third kappa shape index (κ3) is 2.99. The summed E-state index contributed by atoms with van der Waals surface area (Å²) in [5.74, 6) is -2.61. The molecular formula is C12H7BrFNO3S. The van der Waals surface area contributed by atoms with E-state index in [2.05, 4.69) is 21.2 Å². The summed E-state index contributed by atoms with van der Waals surface area (Å²) in [4.78, 5) is 23.1. The van der Waals surface area contributed by atoms with Crippen LogP contribution in [0, 0.1) is 5.82 Å². The summed E-state index contributed by atoms with van der Waals surface area (Å²) < 4.78 is 13.8. The van der Waals surface area contributed by atoms with Crippen LogP contribution in [0.25, 0.3) is 0 Å². The second-order valence-corrected chi connectivity index (χ2v) is 5.32. The number of nitrogens with one attached hydrogen (secondary N) is 1. The Labute approximate surface area is 120 Å². The Bertz CT molecular complexity index is 656. The molecule has 0 fully saturated rings. The molecular weight excluding hydrogens is 337 g/mol. The van der Waals surface area contributed by atoms with Gasteiger partial charge in [-0.15, -0.1) is 11.3 Å². The molecule has 19 heavy (non-hydrogen) atoms. The number of carboxylic acids is 1. The van der Waals surface area contributed by atoms with Gasteiger partial charge in [-0.3, -0.25) is 4.79 Å². The molecule has 1 aromatic heterocycles. The van der Waals surface area contributed by atoms with Crippen LogP contribution in [-0.4, -0.2) is 17.0 Å². The summed E-state index contributed by atoms with van der Waals surface area (Å²) in [6.45, 7) is 0. The first-order valence-electron chi connectivity index (χ1n) is 5.06. The fourth-order valence-corrected chi connectivity index (χ4v) is 2.86. The zero-order valence-electron chi connectivity index (χ0n) is 9.31. The van der Waals surface area contributed by atoms with Gasteiger partial charge in [0.1, 0.15) is 10.7 Å². The number of anilines is 1. The lowest BCUT2D eigenvalue weighted by Crippen LogP contribution is -2.12. The van der Waals surface area contributed by atoms with Gasteiger partial charge in [0, 0.05) is 10.2 Å². The van der Waals surface area contributed by atoms with Gasteiger partial charge < -0.3 is 10.4 Å². The molecule has 0 bridgehead atoms. The van der Waals surface area contributed by atoms with Gasteiger partial charge in [-0.2, -0.15) is 0 Å². The van der Waals surface area contributed by atoms with Gasteiger partial charge in [0.2, 0.25) is 0 Å². The van der Waals surface area contributed by atoms with E-state index in [1.165, 1.54) is 17.4 Å². The van der Waals surface area contributed by atoms with E-state index in [0.717, 1.165) is 12.1 Å². The van der Waals surface area contributed by atoms with Crippen molar-refractivity contribution in [2.75, 3.05) is 5.32 Å². The van der Waals surface area contributed by atoms with E-state index in [-0.39, 0.29) is 11.6 Å². The van der Waals surface area contributed by atoms with Crippen molar-refractivity contribution < 1.29 is 19.1 Å². The minimum Gasteiger partial charge on any atom is -0.478 e. The lowest BCUT2D eigenvalue weighted by molar-refractivity contribution is 0.0691. The van der Waals surface area contributed by atoms with Crippen LogP contribution in [0.5, 0.6) is 0 Å². The molecule has 98 valence electrons. The van der Waals surface area contributed by atoms with Crippen LogP contribution in [-0.2, 0) is 0 Å². The zero-order valence-corrected chi connectivity index (χ0v) is 11.7. The average molecular weight is 344 g/mol. The fraction of sp³-hybridized carbons (Fsp3) is 0. The third-order valence-corrected chi connectivity index (χ3v) is 4.11. The number of carbonyl (C=O) groups is 2. The standard InChI is InChI=1S/C12H7BrFNO3S/c13-8-3-4-19-10(8)11(16)15-6-1-2-9(14)7(5-6)12(17)18/h1-5H,(H,15,16)(H,17,18). The van der Waals surface area contributed by atoms with Gasteiger partial charge in [0.25, 0.3) is 5.91 Å². The number of hydrogen-bond donors (Lipinski definition) is 2. The van der Waals surface area contributed by atoms with Gasteiger partial charge in [-0.25, -0.2) is 9.18 Å². The quantitative estimate of drug-likeness (QED) is 0.894. The van der Waals surface area contributed by atoms with Crippen LogP contribution in [0.3, 0.4) is 0 Å². The SMILES string of the molecule is O=C(O)c1cc(NC(=O)c2sccc2Br)ccc1F. The van der Waals surface area contributed by atoms with Gasteiger partial charge in [0.15, 0.2) is 0 Å². The topological polar surface area (TPSA) is 66.4 Å². The molecule has 0 aliphatic carbocycles. The molecule has 2 rings (SSSR count). The van der Waals surface area contributed by atoms with Crippen LogP contribution >= 0.6 is 27.3 Å². The molecule has 0 aliphatic heterocycles. The first-order valence-corrected chi connectivity index (χ1v) is 6.73. The van der Waals surface area contributed by atoms with Gasteiger partial charge in [-0.1, -0.05) is 0 Å². The van der Waals surface area contributed by atoms with Gasteiger partial charge in [-0.05, 0) is 45.6 Å². The fourth-order valence-electron chi connectivity index (χ4n) is 1.41. The van der Waals surface area contributed by atoms with E-state index in [4.69, 9.17) is 5.11 Å². The van der Waals surface area contributed by atoms with E-state index < -0.39 is 17.3 Å². The van der Waals surface area contributed by atoms with Gasteiger partial charge in [0.05, 0.1) is 5.56 Å². The van der Waals surface area contributed by atoms with Crippen LogP contribution in [0.1, 0.15) is 20.0 Å². The lowest BCUT2D eigenvalue weighted by atomic mass is 10.2. The Morgan fingerprint density at radius 1 is 1.32 bits per heavy atom. The second kappa shape index (κ2) is 5.50. The number of rotatable bonds is 3.